The van der Waals surface area contributed by atoms with Crippen molar-refractivity contribution in [1.82, 2.24) is 9.78 Å². The van der Waals surface area contributed by atoms with Crippen LogP contribution in [0.25, 0.3) is 0 Å². The van der Waals surface area contributed by atoms with Gasteiger partial charge < -0.3 is 5.73 Å². The van der Waals surface area contributed by atoms with Gasteiger partial charge in [-0.2, -0.15) is 5.10 Å². The third-order valence-corrected chi connectivity index (χ3v) is 2.05. The van der Waals surface area contributed by atoms with Gasteiger partial charge in [-0.1, -0.05) is 13.8 Å². The zero-order chi connectivity index (χ0) is 10.0. The Balaban J connectivity index is 2.82. The summed E-state index contributed by atoms with van der Waals surface area (Å²) in [5, 5.41) is 4.41. The maximum atomic E-state index is 5.80. The van der Waals surface area contributed by atoms with E-state index in [1.165, 1.54) is 0 Å². The highest BCUT2D eigenvalue weighted by Gasteiger charge is 2.09. The van der Waals surface area contributed by atoms with Crippen LogP contribution >= 0.6 is 0 Å². The first-order valence-corrected chi connectivity index (χ1v) is 4.79. The molecule has 0 fully saturated rings. The maximum Gasteiger partial charge on any atom is 0.0630 e. The van der Waals surface area contributed by atoms with Crippen LogP contribution in [0.2, 0.25) is 0 Å². The van der Waals surface area contributed by atoms with Crippen LogP contribution in [0.3, 0.4) is 0 Å². The molecule has 1 atom stereocenters. The minimum atomic E-state index is 0.0680. The molecule has 13 heavy (non-hydrogen) atoms. The van der Waals surface area contributed by atoms with Gasteiger partial charge in [-0.15, -0.1) is 0 Å². The smallest absolute Gasteiger partial charge is 0.0630 e. The largest absolute Gasteiger partial charge is 0.323 e. The van der Waals surface area contributed by atoms with E-state index in [1.807, 2.05) is 18.7 Å². The molecule has 0 saturated heterocycles. The van der Waals surface area contributed by atoms with Gasteiger partial charge in [0.1, 0.15) is 0 Å². The second-order valence-electron chi connectivity index (χ2n) is 4.07. The normalized spacial score (nSPS) is 13.7. The maximum absolute atomic E-state index is 5.80. The summed E-state index contributed by atoms with van der Waals surface area (Å²) in [7, 11) is 1.95. The molecular weight excluding hydrogens is 162 g/mol. The molecule has 0 amide bonds. The molecule has 0 aliphatic heterocycles. The topological polar surface area (TPSA) is 43.8 Å². The third kappa shape index (κ3) is 2.56. The molecule has 0 radical (unpaired) electrons. The molecule has 1 unspecified atom stereocenters. The summed E-state index contributed by atoms with van der Waals surface area (Å²) in [6.07, 6.45) is 1.03. The van der Waals surface area contributed by atoms with E-state index in [0.717, 1.165) is 17.8 Å². The number of rotatable bonds is 3. The molecule has 2 N–H and O–H groups in total. The fourth-order valence-corrected chi connectivity index (χ4v) is 1.49. The van der Waals surface area contributed by atoms with Gasteiger partial charge in [-0.25, -0.2) is 0 Å². The van der Waals surface area contributed by atoms with E-state index >= 15 is 0 Å². The predicted molar refractivity (Wildman–Crippen MR) is 54.4 cm³/mol. The van der Waals surface area contributed by atoms with Crippen molar-refractivity contribution < 1.29 is 0 Å². The van der Waals surface area contributed by atoms with Crippen LogP contribution < -0.4 is 5.73 Å². The predicted octanol–water partition coefficient (Wildman–Crippen LogP) is 1.64. The molecule has 3 nitrogen and oxygen atoms in total. The Hall–Kier alpha value is -0.830. The fraction of sp³-hybridized carbons (Fsp3) is 0.700. The van der Waals surface area contributed by atoms with Crippen LogP contribution in [0.1, 0.15) is 38.2 Å². The first-order valence-electron chi connectivity index (χ1n) is 4.79. The van der Waals surface area contributed by atoms with Crippen LogP contribution in [0.15, 0.2) is 6.07 Å². The van der Waals surface area contributed by atoms with Crippen LogP contribution in [0.4, 0.5) is 0 Å². The molecule has 0 aliphatic rings. The fourth-order valence-electron chi connectivity index (χ4n) is 1.49. The summed E-state index contributed by atoms with van der Waals surface area (Å²) in [6, 6.07) is 2.17. The number of aromatic nitrogens is 2. The van der Waals surface area contributed by atoms with E-state index < -0.39 is 0 Å². The minimum absolute atomic E-state index is 0.0680. The van der Waals surface area contributed by atoms with Crippen molar-refractivity contribution in [2.45, 2.75) is 33.2 Å². The Morgan fingerprint density at radius 2 is 2.08 bits per heavy atom. The summed E-state index contributed by atoms with van der Waals surface area (Å²) in [5.41, 5.74) is 8.05. The molecule has 0 aromatic carbocycles. The molecule has 1 rings (SSSR count). The van der Waals surface area contributed by atoms with E-state index in [-0.39, 0.29) is 6.04 Å². The van der Waals surface area contributed by atoms with E-state index in [4.69, 9.17) is 5.73 Å². The summed E-state index contributed by atoms with van der Waals surface area (Å²) in [6.45, 7) is 6.37. The van der Waals surface area contributed by atoms with Crippen LogP contribution in [-0.4, -0.2) is 9.78 Å². The van der Waals surface area contributed by atoms with Crippen molar-refractivity contribution in [1.29, 1.82) is 0 Å². The summed E-state index contributed by atoms with van der Waals surface area (Å²) in [4.78, 5) is 0. The van der Waals surface area contributed by atoms with Gasteiger partial charge in [0, 0.05) is 13.1 Å². The molecule has 1 aromatic rings. The Bertz CT molecular complexity index is 274. The van der Waals surface area contributed by atoms with Gasteiger partial charge in [0.05, 0.1) is 11.4 Å². The lowest BCUT2D eigenvalue weighted by Gasteiger charge is -2.03. The van der Waals surface area contributed by atoms with Crippen LogP contribution in [0, 0.1) is 5.92 Å². The van der Waals surface area contributed by atoms with Crippen molar-refractivity contribution in [3.63, 3.8) is 0 Å². The number of nitrogens with zero attached hydrogens (tertiary/aromatic N) is 2. The Morgan fingerprint density at radius 1 is 1.46 bits per heavy atom. The van der Waals surface area contributed by atoms with Gasteiger partial charge in [0.15, 0.2) is 0 Å². The minimum Gasteiger partial charge on any atom is -0.323 e. The highest BCUT2D eigenvalue weighted by atomic mass is 15.3. The summed E-state index contributed by atoms with van der Waals surface area (Å²) in [5.74, 6) is 0.649. The first-order chi connectivity index (χ1) is 6.00. The van der Waals surface area contributed by atoms with Gasteiger partial charge >= 0.3 is 0 Å². The lowest BCUT2D eigenvalue weighted by molar-refractivity contribution is 0.609. The summed E-state index contributed by atoms with van der Waals surface area (Å²) < 4.78 is 1.88. The number of hydrogen-bond acceptors (Lipinski definition) is 2. The van der Waals surface area contributed by atoms with E-state index in [2.05, 4.69) is 25.0 Å². The Labute approximate surface area is 79.9 Å². The number of nitrogens with two attached hydrogens (primary N) is 1. The highest BCUT2D eigenvalue weighted by molar-refractivity contribution is 5.13. The van der Waals surface area contributed by atoms with Gasteiger partial charge in [-0.3, -0.25) is 4.68 Å². The van der Waals surface area contributed by atoms with Crippen LogP contribution in [-0.2, 0) is 13.5 Å². The van der Waals surface area contributed by atoms with E-state index in [1.54, 1.807) is 0 Å². The second-order valence-corrected chi connectivity index (χ2v) is 4.07. The zero-order valence-electron chi connectivity index (χ0n) is 8.91. The van der Waals surface area contributed by atoms with E-state index in [9.17, 15) is 0 Å². The van der Waals surface area contributed by atoms with Gasteiger partial charge in [0.2, 0.25) is 0 Å². The van der Waals surface area contributed by atoms with Crippen LogP contribution in [0.5, 0.6) is 0 Å². The quantitative estimate of drug-likeness (QED) is 0.770. The van der Waals surface area contributed by atoms with Gasteiger partial charge in [0.25, 0.3) is 0 Å². The molecule has 3 heteroatoms. The molecule has 1 heterocycles. The van der Waals surface area contributed by atoms with Crippen molar-refractivity contribution in [3.8, 4) is 0 Å². The average molecular weight is 181 g/mol. The van der Waals surface area contributed by atoms with Crippen molar-refractivity contribution in [2.24, 2.45) is 18.7 Å². The van der Waals surface area contributed by atoms with E-state index in [0.29, 0.717) is 5.92 Å². The van der Waals surface area contributed by atoms with Crippen molar-refractivity contribution in [3.05, 3.63) is 17.5 Å². The SMILES string of the molecule is CC(C)Cc1cc(C(C)N)n(C)n1. The van der Waals surface area contributed by atoms with Crippen molar-refractivity contribution >= 4 is 0 Å². The number of aryl methyl sites for hydroxylation is 1. The monoisotopic (exact) mass is 181 g/mol. The van der Waals surface area contributed by atoms with Gasteiger partial charge in [-0.05, 0) is 25.3 Å². The summed E-state index contributed by atoms with van der Waals surface area (Å²) >= 11 is 0. The molecule has 74 valence electrons. The molecule has 0 bridgehead atoms. The molecule has 0 spiro atoms. The molecule has 0 saturated carbocycles. The standard InChI is InChI=1S/C10H19N3/c1-7(2)5-9-6-10(8(3)11)13(4)12-9/h6-8H,5,11H2,1-4H3. The Kier molecular flexibility index (Phi) is 3.09. The zero-order valence-corrected chi connectivity index (χ0v) is 8.91. The number of hydrogen-bond donors (Lipinski definition) is 1. The second kappa shape index (κ2) is 3.92. The lowest BCUT2D eigenvalue weighted by atomic mass is 10.1. The molecular formula is C10H19N3. The third-order valence-electron chi connectivity index (χ3n) is 2.05. The first kappa shape index (κ1) is 10.3. The van der Waals surface area contributed by atoms with Crippen molar-refractivity contribution in [2.75, 3.05) is 0 Å². The highest BCUT2D eigenvalue weighted by Crippen LogP contribution is 2.13. The Morgan fingerprint density at radius 3 is 2.46 bits per heavy atom. The lowest BCUT2D eigenvalue weighted by Crippen LogP contribution is -2.10. The average Bonchev–Trinajstić information content (AvgIpc) is 2.29. The molecule has 1 aromatic heterocycles. The molecule has 0 aliphatic carbocycles.